The predicted molar refractivity (Wildman–Crippen MR) is 175 cm³/mol. The maximum atomic E-state index is 13.4. The molecule has 0 heterocycles. The number of carbonyl (C=O) groups is 3. The number of halogens is 2. The van der Waals surface area contributed by atoms with Gasteiger partial charge in [0.2, 0.25) is 5.91 Å². The third-order valence-electron chi connectivity index (χ3n) is 6.19. The fourth-order valence-corrected chi connectivity index (χ4v) is 5.31. The molecule has 4 rings (SSSR count). The van der Waals surface area contributed by atoms with E-state index < -0.39 is 22.0 Å². The standard InChI is InChI=1S/C32H26Cl2N4O5S/c1-2-28(32(41)36-26-13-7-12-25(33)29(26)34)44-24-11-6-10-22(19-24)35-31(40)27(37-30(39)21-8-4-3-5-9-21)18-20-14-16-23(17-15-20)38(42)43/h3-19,28H,2H2,1H3,(H,35,40)(H,36,41)(H,37,39)/b27-18+. The topological polar surface area (TPSA) is 130 Å². The molecule has 9 nitrogen and oxygen atoms in total. The molecule has 4 aromatic carbocycles. The fraction of sp³-hybridized carbons (Fsp3) is 0.0938. The largest absolute Gasteiger partial charge is 0.324 e. The molecule has 0 bridgehead atoms. The monoisotopic (exact) mass is 648 g/mol. The average molecular weight is 650 g/mol. The molecule has 0 spiro atoms. The lowest BCUT2D eigenvalue weighted by Crippen LogP contribution is -2.30. The minimum Gasteiger partial charge on any atom is -0.324 e. The average Bonchev–Trinajstić information content (AvgIpc) is 3.02. The van der Waals surface area contributed by atoms with Crippen LogP contribution in [0.4, 0.5) is 17.1 Å². The molecule has 0 radical (unpaired) electrons. The van der Waals surface area contributed by atoms with Gasteiger partial charge in [-0.15, -0.1) is 11.8 Å². The van der Waals surface area contributed by atoms with Crippen LogP contribution < -0.4 is 16.0 Å². The number of benzene rings is 4. The van der Waals surface area contributed by atoms with Crippen LogP contribution in [0.3, 0.4) is 0 Å². The van der Waals surface area contributed by atoms with Gasteiger partial charge in [-0.1, -0.05) is 60.5 Å². The van der Waals surface area contributed by atoms with E-state index in [9.17, 15) is 24.5 Å². The van der Waals surface area contributed by atoms with E-state index in [-0.39, 0.29) is 22.3 Å². The van der Waals surface area contributed by atoms with Gasteiger partial charge in [-0.3, -0.25) is 24.5 Å². The number of carbonyl (C=O) groups excluding carboxylic acids is 3. The first-order chi connectivity index (χ1) is 21.1. The van der Waals surface area contributed by atoms with Crippen LogP contribution in [0.2, 0.25) is 10.0 Å². The predicted octanol–water partition coefficient (Wildman–Crippen LogP) is 7.82. The van der Waals surface area contributed by atoms with Crippen LogP contribution in [-0.2, 0) is 9.59 Å². The number of nitrogens with zero attached hydrogens (tertiary/aromatic N) is 1. The van der Waals surface area contributed by atoms with E-state index >= 15 is 0 Å². The van der Waals surface area contributed by atoms with Crippen molar-refractivity contribution >= 4 is 75.8 Å². The summed E-state index contributed by atoms with van der Waals surface area (Å²) in [5.41, 5.74) is 1.47. The Kier molecular flexibility index (Phi) is 11.1. The highest BCUT2D eigenvalue weighted by atomic mass is 35.5. The molecular weight excluding hydrogens is 623 g/mol. The summed E-state index contributed by atoms with van der Waals surface area (Å²) in [6.45, 7) is 1.88. The smallest absolute Gasteiger partial charge is 0.272 e. The summed E-state index contributed by atoms with van der Waals surface area (Å²) >= 11 is 13.6. The van der Waals surface area contributed by atoms with E-state index in [0.717, 1.165) is 4.90 Å². The number of nitro benzene ring substituents is 1. The van der Waals surface area contributed by atoms with Crippen molar-refractivity contribution in [2.45, 2.75) is 23.5 Å². The number of nitrogens with one attached hydrogen (secondary N) is 3. The van der Waals surface area contributed by atoms with Gasteiger partial charge >= 0.3 is 0 Å². The van der Waals surface area contributed by atoms with Crippen molar-refractivity contribution in [2.75, 3.05) is 10.6 Å². The van der Waals surface area contributed by atoms with Gasteiger partial charge in [-0.2, -0.15) is 0 Å². The van der Waals surface area contributed by atoms with Crippen LogP contribution in [0.15, 0.2) is 108 Å². The van der Waals surface area contributed by atoms with Crippen molar-refractivity contribution in [1.29, 1.82) is 0 Å². The third-order valence-corrected chi connectivity index (χ3v) is 8.36. The fourth-order valence-electron chi connectivity index (χ4n) is 3.95. The lowest BCUT2D eigenvalue weighted by atomic mass is 10.1. The van der Waals surface area contributed by atoms with Crippen LogP contribution in [0.1, 0.15) is 29.3 Å². The lowest BCUT2D eigenvalue weighted by molar-refractivity contribution is -0.384. The van der Waals surface area contributed by atoms with Gasteiger partial charge in [0.25, 0.3) is 17.5 Å². The first-order valence-electron chi connectivity index (χ1n) is 13.3. The zero-order valence-corrected chi connectivity index (χ0v) is 25.6. The number of thioether (sulfide) groups is 1. The number of anilines is 2. The van der Waals surface area contributed by atoms with Crippen LogP contribution >= 0.6 is 35.0 Å². The molecule has 224 valence electrons. The molecule has 1 atom stereocenters. The second-order valence-electron chi connectivity index (χ2n) is 9.31. The van der Waals surface area contributed by atoms with Gasteiger partial charge in [-0.05, 0) is 72.7 Å². The van der Waals surface area contributed by atoms with E-state index in [1.807, 2.05) is 13.0 Å². The van der Waals surface area contributed by atoms with Gasteiger partial charge in [0.15, 0.2) is 0 Å². The lowest BCUT2D eigenvalue weighted by Gasteiger charge is -2.16. The Hall–Kier alpha value is -4.64. The molecule has 0 aliphatic rings. The molecular formula is C32H26Cl2N4O5S. The van der Waals surface area contributed by atoms with Crippen molar-refractivity contribution in [1.82, 2.24) is 5.32 Å². The SMILES string of the molecule is CCC(Sc1cccc(NC(=O)/C(=C\c2ccc([N+](=O)[O-])cc2)NC(=O)c2ccccc2)c1)C(=O)Nc1cccc(Cl)c1Cl. The number of hydrogen-bond donors (Lipinski definition) is 3. The molecule has 1 unspecified atom stereocenters. The molecule has 12 heteroatoms. The molecule has 0 aliphatic carbocycles. The van der Waals surface area contributed by atoms with Crippen molar-refractivity contribution in [3.8, 4) is 0 Å². The summed E-state index contributed by atoms with van der Waals surface area (Å²) in [7, 11) is 0. The second kappa shape index (κ2) is 15.2. The van der Waals surface area contributed by atoms with E-state index in [0.29, 0.717) is 33.9 Å². The van der Waals surface area contributed by atoms with E-state index in [1.165, 1.54) is 42.1 Å². The maximum Gasteiger partial charge on any atom is 0.272 e. The molecule has 0 aromatic heterocycles. The summed E-state index contributed by atoms with van der Waals surface area (Å²) < 4.78 is 0. The molecule has 0 saturated carbocycles. The molecule has 0 saturated heterocycles. The molecule has 0 aliphatic heterocycles. The summed E-state index contributed by atoms with van der Waals surface area (Å²) in [5, 5.41) is 19.4. The molecule has 4 aromatic rings. The summed E-state index contributed by atoms with van der Waals surface area (Å²) in [4.78, 5) is 50.6. The Labute approximate surface area is 267 Å². The van der Waals surface area contributed by atoms with Crippen molar-refractivity contribution in [3.05, 3.63) is 134 Å². The van der Waals surface area contributed by atoms with Crippen LogP contribution in [0, 0.1) is 10.1 Å². The molecule has 3 N–H and O–H groups in total. The zero-order chi connectivity index (χ0) is 31.6. The minimum atomic E-state index is -0.616. The number of hydrogen-bond acceptors (Lipinski definition) is 6. The van der Waals surface area contributed by atoms with E-state index in [4.69, 9.17) is 23.2 Å². The first-order valence-corrected chi connectivity index (χ1v) is 14.9. The Bertz CT molecular complexity index is 1720. The molecule has 0 fully saturated rings. The Morgan fingerprint density at radius 2 is 1.61 bits per heavy atom. The summed E-state index contributed by atoms with van der Waals surface area (Å²) in [6, 6.07) is 25.9. The zero-order valence-electron chi connectivity index (χ0n) is 23.3. The summed E-state index contributed by atoms with van der Waals surface area (Å²) in [6.07, 6.45) is 1.94. The van der Waals surface area contributed by atoms with Crippen molar-refractivity contribution in [3.63, 3.8) is 0 Å². The van der Waals surface area contributed by atoms with Crippen LogP contribution in [0.25, 0.3) is 6.08 Å². The number of amides is 3. The third kappa shape index (κ3) is 8.70. The number of nitro groups is 1. The number of non-ortho nitro benzene ring substituents is 1. The first kappa shape index (κ1) is 32.3. The minimum absolute atomic E-state index is 0.0741. The number of rotatable bonds is 11. The van der Waals surface area contributed by atoms with Crippen molar-refractivity contribution in [2.24, 2.45) is 0 Å². The highest BCUT2D eigenvalue weighted by Crippen LogP contribution is 2.32. The highest BCUT2D eigenvalue weighted by molar-refractivity contribution is 8.00. The second-order valence-corrected chi connectivity index (χ2v) is 11.4. The van der Waals surface area contributed by atoms with Crippen molar-refractivity contribution < 1.29 is 19.3 Å². The quantitative estimate of drug-likeness (QED) is 0.0658. The normalized spacial score (nSPS) is 11.8. The molecule has 3 amide bonds. The van der Waals surface area contributed by atoms with Crippen LogP contribution in [0.5, 0.6) is 0 Å². The maximum absolute atomic E-state index is 13.4. The Balaban J connectivity index is 1.52. The van der Waals surface area contributed by atoms with Gasteiger partial charge in [0, 0.05) is 28.3 Å². The van der Waals surface area contributed by atoms with Gasteiger partial charge in [-0.25, -0.2) is 0 Å². The Morgan fingerprint density at radius 1 is 0.909 bits per heavy atom. The summed E-state index contributed by atoms with van der Waals surface area (Å²) in [5.74, 6) is -1.38. The van der Waals surface area contributed by atoms with Gasteiger partial charge < -0.3 is 16.0 Å². The van der Waals surface area contributed by atoms with E-state index in [2.05, 4.69) is 16.0 Å². The molecule has 44 heavy (non-hydrogen) atoms. The van der Waals surface area contributed by atoms with Crippen LogP contribution in [-0.4, -0.2) is 27.9 Å². The van der Waals surface area contributed by atoms with E-state index in [1.54, 1.807) is 66.7 Å². The van der Waals surface area contributed by atoms with Gasteiger partial charge in [0.05, 0.1) is 25.9 Å². The Morgan fingerprint density at radius 3 is 2.30 bits per heavy atom. The van der Waals surface area contributed by atoms with Gasteiger partial charge in [0.1, 0.15) is 5.70 Å². The highest BCUT2D eigenvalue weighted by Gasteiger charge is 2.20.